The van der Waals surface area contributed by atoms with Gasteiger partial charge in [0, 0.05) is 36.9 Å². The molecule has 1 aliphatic heterocycles. The number of benzene rings is 2. The summed E-state index contributed by atoms with van der Waals surface area (Å²) in [4.78, 5) is 16.8. The lowest BCUT2D eigenvalue weighted by Crippen LogP contribution is -2.52. The Morgan fingerprint density at radius 1 is 1.12 bits per heavy atom. The van der Waals surface area contributed by atoms with Crippen LogP contribution in [0.5, 0.6) is 5.75 Å². The second-order valence-corrected chi connectivity index (χ2v) is 6.62. The molecule has 1 unspecified atom stereocenters. The zero-order chi connectivity index (χ0) is 17.8. The number of nitrogens with one attached hydrogen (secondary N) is 1. The third-order valence-corrected chi connectivity index (χ3v) is 4.79. The molecule has 2 aromatic rings. The van der Waals surface area contributed by atoms with Crippen molar-refractivity contribution in [1.29, 1.82) is 0 Å². The van der Waals surface area contributed by atoms with Crippen molar-refractivity contribution >= 4 is 28.9 Å². The first-order valence-electron chi connectivity index (χ1n) is 8.38. The van der Waals surface area contributed by atoms with Crippen LogP contribution in [-0.2, 0) is 4.79 Å². The van der Waals surface area contributed by atoms with E-state index >= 15 is 0 Å². The van der Waals surface area contributed by atoms with Crippen molar-refractivity contribution in [3.63, 3.8) is 0 Å². The van der Waals surface area contributed by atoms with Crippen molar-refractivity contribution in [3.05, 3.63) is 53.6 Å². The third-order valence-electron chi connectivity index (χ3n) is 4.56. The van der Waals surface area contributed by atoms with Crippen LogP contribution in [-0.4, -0.2) is 48.1 Å². The van der Waals surface area contributed by atoms with E-state index < -0.39 is 0 Å². The van der Waals surface area contributed by atoms with Gasteiger partial charge in [0.05, 0.1) is 11.7 Å². The fourth-order valence-electron chi connectivity index (χ4n) is 3.06. The molecule has 1 atom stereocenters. The van der Waals surface area contributed by atoms with Crippen LogP contribution in [0.1, 0.15) is 6.92 Å². The lowest BCUT2D eigenvalue weighted by molar-refractivity contribution is -0.120. The van der Waals surface area contributed by atoms with Crippen molar-refractivity contribution < 1.29 is 9.90 Å². The van der Waals surface area contributed by atoms with Gasteiger partial charge in [-0.1, -0.05) is 29.8 Å². The highest BCUT2D eigenvalue weighted by Gasteiger charge is 2.26. The monoisotopic (exact) mass is 359 g/mol. The minimum atomic E-state index is -0.231. The first-order chi connectivity index (χ1) is 12.0. The van der Waals surface area contributed by atoms with Crippen molar-refractivity contribution in [2.24, 2.45) is 0 Å². The van der Waals surface area contributed by atoms with Gasteiger partial charge in [-0.25, -0.2) is 0 Å². The molecule has 1 aliphatic rings. The van der Waals surface area contributed by atoms with E-state index in [-0.39, 0.29) is 11.9 Å². The summed E-state index contributed by atoms with van der Waals surface area (Å²) in [6.07, 6.45) is 0. The van der Waals surface area contributed by atoms with Gasteiger partial charge in [0.15, 0.2) is 0 Å². The number of phenols is 1. The van der Waals surface area contributed by atoms with Crippen LogP contribution in [0.4, 0.5) is 11.4 Å². The second kappa shape index (κ2) is 7.76. The topological polar surface area (TPSA) is 55.8 Å². The molecule has 0 aromatic heterocycles. The molecule has 0 saturated carbocycles. The number of amides is 1. The Balaban J connectivity index is 1.57. The van der Waals surface area contributed by atoms with E-state index in [1.54, 1.807) is 18.2 Å². The van der Waals surface area contributed by atoms with Crippen LogP contribution in [0.25, 0.3) is 0 Å². The van der Waals surface area contributed by atoms with Crippen LogP contribution in [0.3, 0.4) is 0 Å². The van der Waals surface area contributed by atoms with Crippen LogP contribution >= 0.6 is 11.6 Å². The molecule has 0 spiro atoms. The fraction of sp³-hybridized carbons (Fsp3) is 0.316. The zero-order valence-corrected chi connectivity index (χ0v) is 14.9. The molecule has 1 amide bonds. The average molecular weight is 360 g/mol. The maximum atomic E-state index is 12.5. The maximum Gasteiger partial charge on any atom is 0.241 e. The first-order valence-corrected chi connectivity index (χ1v) is 8.76. The van der Waals surface area contributed by atoms with Crippen molar-refractivity contribution in [2.45, 2.75) is 13.0 Å². The summed E-state index contributed by atoms with van der Waals surface area (Å²) < 4.78 is 0. The van der Waals surface area contributed by atoms with E-state index in [1.807, 2.05) is 37.3 Å². The number of phenolic OH excluding ortho intramolecular Hbond substituents is 1. The van der Waals surface area contributed by atoms with Gasteiger partial charge >= 0.3 is 0 Å². The number of halogens is 1. The molecule has 0 bridgehead atoms. The molecular weight excluding hydrogens is 338 g/mol. The molecule has 2 N–H and O–H groups in total. The standard InChI is InChI=1S/C19H22ClN3O2/c1-14(19(25)21-16-6-4-5-15(20)13-16)22-9-11-23(12-10-22)17-7-2-3-8-18(17)24/h2-8,13-14,24H,9-12H2,1H3,(H,21,25). The van der Waals surface area contributed by atoms with Crippen molar-refractivity contribution in [2.75, 3.05) is 36.4 Å². The van der Waals surface area contributed by atoms with E-state index in [2.05, 4.69) is 15.1 Å². The number of rotatable bonds is 4. The van der Waals surface area contributed by atoms with Crippen LogP contribution < -0.4 is 10.2 Å². The summed E-state index contributed by atoms with van der Waals surface area (Å²) in [7, 11) is 0. The Hall–Kier alpha value is -2.24. The highest BCUT2D eigenvalue weighted by Crippen LogP contribution is 2.27. The Kier molecular flexibility index (Phi) is 5.46. The SMILES string of the molecule is CC(C(=O)Nc1cccc(Cl)c1)N1CCN(c2ccccc2O)CC1. The molecule has 25 heavy (non-hydrogen) atoms. The van der Waals surface area contributed by atoms with E-state index in [4.69, 9.17) is 11.6 Å². The van der Waals surface area contributed by atoms with Crippen molar-refractivity contribution in [1.82, 2.24) is 4.90 Å². The van der Waals surface area contributed by atoms with E-state index in [9.17, 15) is 9.90 Å². The van der Waals surface area contributed by atoms with Gasteiger partial charge in [0.2, 0.25) is 5.91 Å². The average Bonchev–Trinajstić information content (AvgIpc) is 2.62. The summed E-state index contributed by atoms with van der Waals surface area (Å²) in [5, 5.41) is 13.5. The van der Waals surface area contributed by atoms with E-state index in [0.29, 0.717) is 16.5 Å². The number of hydrogen-bond donors (Lipinski definition) is 2. The summed E-state index contributed by atoms with van der Waals surface area (Å²) in [5.41, 5.74) is 1.55. The van der Waals surface area contributed by atoms with E-state index in [1.165, 1.54) is 0 Å². The molecule has 1 saturated heterocycles. The number of carbonyl (C=O) groups excluding carboxylic acids is 1. The fourth-order valence-corrected chi connectivity index (χ4v) is 3.25. The van der Waals surface area contributed by atoms with Crippen LogP contribution in [0, 0.1) is 0 Å². The predicted molar refractivity (Wildman–Crippen MR) is 101 cm³/mol. The Morgan fingerprint density at radius 2 is 1.84 bits per heavy atom. The number of hydrogen-bond acceptors (Lipinski definition) is 4. The molecule has 5 nitrogen and oxygen atoms in total. The molecule has 0 aliphatic carbocycles. The highest BCUT2D eigenvalue weighted by molar-refractivity contribution is 6.30. The summed E-state index contributed by atoms with van der Waals surface area (Å²) in [6, 6.07) is 14.3. The molecule has 1 heterocycles. The number of para-hydroxylation sites is 2. The van der Waals surface area contributed by atoms with Gasteiger partial charge in [-0.2, -0.15) is 0 Å². The molecule has 2 aromatic carbocycles. The first kappa shape index (κ1) is 17.6. The maximum absolute atomic E-state index is 12.5. The molecule has 6 heteroatoms. The lowest BCUT2D eigenvalue weighted by atomic mass is 10.2. The molecule has 3 rings (SSSR count). The number of piperazine rings is 1. The summed E-state index contributed by atoms with van der Waals surface area (Å²) >= 11 is 5.96. The number of aromatic hydroxyl groups is 1. The molecular formula is C19H22ClN3O2. The Morgan fingerprint density at radius 3 is 2.52 bits per heavy atom. The summed E-state index contributed by atoms with van der Waals surface area (Å²) in [5.74, 6) is 0.251. The minimum absolute atomic E-state index is 0.0433. The van der Waals surface area contributed by atoms with Gasteiger partial charge in [0.25, 0.3) is 0 Å². The van der Waals surface area contributed by atoms with Crippen molar-refractivity contribution in [3.8, 4) is 5.75 Å². The van der Waals surface area contributed by atoms with Gasteiger partial charge in [-0.05, 0) is 37.3 Å². The number of nitrogens with zero attached hydrogens (tertiary/aromatic N) is 2. The molecule has 132 valence electrons. The Bertz CT molecular complexity index is 745. The van der Waals surface area contributed by atoms with Crippen LogP contribution in [0.2, 0.25) is 5.02 Å². The zero-order valence-electron chi connectivity index (χ0n) is 14.2. The largest absolute Gasteiger partial charge is 0.506 e. The minimum Gasteiger partial charge on any atom is -0.506 e. The molecule has 1 fully saturated rings. The third kappa shape index (κ3) is 4.24. The van der Waals surface area contributed by atoms with Gasteiger partial charge < -0.3 is 15.3 Å². The predicted octanol–water partition coefficient (Wildman–Crippen LogP) is 3.19. The Labute approximate surface area is 152 Å². The highest BCUT2D eigenvalue weighted by atomic mass is 35.5. The van der Waals surface area contributed by atoms with Crippen LogP contribution in [0.15, 0.2) is 48.5 Å². The lowest BCUT2D eigenvalue weighted by Gasteiger charge is -2.38. The number of anilines is 2. The van der Waals surface area contributed by atoms with E-state index in [0.717, 1.165) is 31.9 Å². The summed E-state index contributed by atoms with van der Waals surface area (Å²) in [6.45, 7) is 4.98. The molecule has 0 radical (unpaired) electrons. The normalized spacial score (nSPS) is 16.5. The van der Waals surface area contributed by atoms with Gasteiger partial charge in [0.1, 0.15) is 5.75 Å². The smallest absolute Gasteiger partial charge is 0.241 e. The quantitative estimate of drug-likeness (QED) is 0.880. The van der Waals surface area contributed by atoms with Gasteiger partial charge in [-0.15, -0.1) is 0 Å². The number of carbonyl (C=O) groups is 1. The second-order valence-electron chi connectivity index (χ2n) is 6.19. The van der Waals surface area contributed by atoms with Gasteiger partial charge in [-0.3, -0.25) is 9.69 Å².